The predicted octanol–water partition coefficient (Wildman–Crippen LogP) is 3.74. The number of methoxy groups -OCH3 is 2. The van der Waals surface area contributed by atoms with E-state index in [1.54, 1.807) is 32.2 Å². The van der Waals surface area contributed by atoms with Crippen LogP contribution in [0.4, 0.5) is 5.69 Å². The Kier molecular flexibility index (Phi) is 5.71. The molecule has 4 bridgehead atoms. The van der Waals surface area contributed by atoms with E-state index in [2.05, 4.69) is 15.8 Å². The van der Waals surface area contributed by atoms with Gasteiger partial charge in [-0.25, -0.2) is 5.43 Å². The molecule has 0 unspecified atom stereocenters. The summed E-state index contributed by atoms with van der Waals surface area (Å²) < 4.78 is 10.5. The van der Waals surface area contributed by atoms with Crippen LogP contribution in [0.25, 0.3) is 0 Å². The molecule has 1 aromatic carbocycles. The van der Waals surface area contributed by atoms with Crippen molar-refractivity contribution in [1.82, 2.24) is 5.43 Å². The number of hydrogen-bond acceptors (Lipinski definition) is 5. The molecule has 0 atom stereocenters. The highest BCUT2D eigenvalue weighted by atomic mass is 16.5. The first-order valence-corrected chi connectivity index (χ1v) is 10.8. The second-order valence-corrected chi connectivity index (χ2v) is 9.28. The zero-order valence-corrected chi connectivity index (χ0v) is 18.0. The molecule has 2 amide bonds. The standard InChI is InChI=1S/C23H31N3O4/c1-14(6-21(27)24-19-5-4-18(29-2)10-20(19)30-3)25-26-22(28)23-11-15-7-16(12-23)9-17(8-15)13-23/h4-5,10,15-17H,6-9,11-13H2,1-3H3,(H,24,27)(H,26,28). The molecule has 162 valence electrons. The molecule has 0 heterocycles. The maximum Gasteiger partial charge on any atom is 0.246 e. The first kappa shape index (κ1) is 20.7. The van der Waals surface area contributed by atoms with Gasteiger partial charge in [0.1, 0.15) is 11.5 Å². The minimum atomic E-state index is -0.239. The van der Waals surface area contributed by atoms with Crippen LogP contribution < -0.4 is 20.2 Å². The van der Waals surface area contributed by atoms with Gasteiger partial charge in [-0.3, -0.25) is 9.59 Å². The van der Waals surface area contributed by atoms with Gasteiger partial charge in [-0.05, 0) is 75.3 Å². The van der Waals surface area contributed by atoms with Crippen LogP contribution in [0.5, 0.6) is 11.5 Å². The molecule has 4 fully saturated rings. The molecule has 4 aliphatic rings. The molecule has 1 aromatic rings. The Hall–Kier alpha value is -2.57. The average Bonchev–Trinajstić information content (AvgIpc) is 2.71. The largest absolute Gasteiger partial charge is 0.497 e. The van der Waals surface area contributed by atoms with Gasteiger partial charge in [0.05, 0.1) is 31.7 Å². The minimum Gasteiger partial charge on any atom is -0.497 e. The first-order chi connectivity index (χ1) is 14.4. The topological polar surface area (TPSA) is 89.0 Å². The number of carbonyl (C=O) groups is 2. The monoisotopic (exact) mass is 413 g/mol. The number of hydrazone groups is 1. The van der Waals surface area contributed by atoms with Crippen molar-refractivity contribution in [2.24, 2.45) is 28.3 Å². The second-order valence-electron chi connectivity index (χ2n) is 9.28. The van der Waals surface area contributed by atoms with Crippen molar-refractivity contribution in [3.63, 3.8) is 0 Å². The van der Waals surface area contributed by atoms with Crippen LogP contribution in [0.1, 0.15) is 51.9 Å². The number of nitrogens with one attached hydrogen (secondary N) is 2. The number of amides is 2. The van der Waals surface area contributed by atoms with Crippen LogP contribution >= 0.6 is 0 Å². The van der Waals surface area contributed by atoms with E-state index in [9.17, 15) is 9.59 Å². The fourth-order valence-electron chi connectivity index (χ4n) is 6.02. The molecule has 2 N–H and O–H groups in total. The third-order valence-corrected chi connectivity index (χ3v) is 6.97. The lowest BCUT2D eigenvalue weighted by Crippen LogP contribution is -2.52. The summed E-state index contributed by atoms with van der Waals surface area (Å²) in [5.74, 6) is 3.11. The third kappa shape index (κ3) is 4.16. The number of rotatable bonds is 7. The molecule has 7 heteroatoms. The number of benzene rings is 1. The van der Waals surface area contributed by atoms with Gasteiger partial charge in [0, 0.05) is 11.8 Å². The molecule has 4 aliphatic carbocycles. The summed E-state index contributed by atoms with van der Waals surface area (Å²) in [6.45, 7) is 1.75. The third-order valence-electron chi connectivity index (χ3n) is 6.97. The molecule has 30 heavy (non-hydrogen) atoms. The van der Waals surface area contributed by atoms with Crippen molar-refractivity contribution in [2.45, 2.75) is 51.9 Å². The van der Waals surface area contributed by atoms with E-state index in [4.69, 9.17) is 9.47 Å². The summed E-state index contributed by atoms with van der Waals surface area (Å²) >= 11 is 0. The highest BCUT2D eigenvalue weighted by Crippen LogP contribution is 2.60. The van der Waals surface area contributed by atoms with E-state index in [0.29, 0.717) is 40.7 Å². The van der Waals surface area contributed by atoms with Gasteiger partial charge in [-0.15, -0.1) is 0 Å². The number of ether oxygens (including phenoxy) is 2. The molecule has 0 radical (unpaired) electrons. The molecule has 0 aromatic heterocycles. The molecule has 0 aliphatic heterocycles. The minimum absolute atomic E-state index is 0.0400. The van der Waals surface area contributed by atoms with Crippen LogP contribution in [-0.2, 0) is 9.59 Å². The van der Waals surface area contributed by atoms with Crippen molar-refractivity contribution in [3.8, 4) is 11.5 Å². The molecular weight excluding hydrogens is 382 g/mol. The van der Waals surface area contributed by atoms with Crippen molar-refractivity contribution in [3.05, 3.63) is 18.2 Å². The maximum absolute atomic E-state index is 13.0. The number of carbonyl (C=O) groups excluding carboxylic acids is 2. The van der Waals surface area contributed by atoms with E-state index in [1.807, 2.05) is 0 Å². The van der Waals surface area contributed by atoms with Crippen LogP contribution in [0.2, 0.25) is 0 Å². The normalized spacial score (nSPS) is 29.4. The van der Waals surface area contributed by atoms with E-state index < -0.39 is 0 Å². The summed E-state index contributed by atoms with van der Waals surface area (Å²) in [5, 5.41) is 7.06. The first-order valence-electron chi connectivity index (χ1n) is 10.8. The summed E-state index contributed by atoms with van der Waals surface area (Å²) in [7, 11) is 3.11. The number of hydrogen-bond donors (Lipinski definition) is 2. The van der Waals surface area contributed by atoms with Crippen molar-refractivity contribution >= 4 is 23.2 Å². The quantitative estimate of drug-likeness (QED) is 0.526. The summed E-state index contributed by atoms with van der Waals surface area (Å²) in [6.07, 6.45) is 6.97. The molecule has 4 saturated carbocycles. The summed E-state index contributed by atoms with van der Waals surface area (Å²) in [4.78, 5) is 25.4. The lowest BCUT2D eigenvalue weighted by Gasteiger charge is -2.55. The Morgan fingerprint density at radius 3 is 2.27 bits per heavy atom. The van der Waals surface area contributed by atoms with Gasteiger partial charge in [0.25, 0.3) is 0 Å². The number of nitrogens with zero attached hydrogens (tertiary/aromatic N) is 1. The zero-order valence-electron chi connectivity index (χ0n) is 18.0. The van der Waals surface area contributed by atoms with Crippen LogP contribution in [0.15, 0.2) is 23.3 Å². The molecule has 0 spiro atoms. The van der Waals surface area contributed by atoms with Crippen molar-refractivity contribution in [1.29, 1.82) is 0 Å². The smallest absolute Gasteiger partial charge is 0.246 e. The molecule has 0 saturated heterocycles. The summed E-state index contributed by atoms with van der Waals surface area (Å²) in [6, 6.07) is 5.20. The van der Waals surface area contributed by atoms with Crippen LogP contribution in [-0.4, -0.2) is 31.7 Å². The lowest BCUT2D eigenvalue weighted by atomic mass is 9.49. The van der Waals surface area contributed by atoms with Gasteiger partial charge in [-0.2, -0.15) is 5.10 Å². The Balaban J connectivity index is 1.33. The van der Waals surface area contributed by atoms with E-state index >= 15 is 0 Å². The second kappa shape index (κ2) is 8.28. The summed E-state index contributed by atoms with van der Waals surface area (Å²) in [5.41, 5.74) is 3.67. The van der Waals surface area contributed by atoms with E-state index in [0.717, 1.165) is 19.3 Å². The van der Waals surface area contributed by atoms with Crippen molar-refractivity contribution in [2.75, 3.05) is 19.5 Å². The molecular formula is C23H31N3O4. The highest BCUT2D eigenvalue weighted by Gasteiger charge is 2.54. The fourth-order valence-corrected chi connectivity index (χ4v) is 6.02. The van der Waals surface area contributed by atoms with E-state index in [-0.39, 0.29) is 23.7 Å². The van der Waals surface area contributed by atoms with Crippen molar-refractivity contribution < 1.29 is 19.1 Å². The Bertz CT molecular complexity index is 829. The molecule has 5 rings (SSSR count). The Labute approximate surface area is 177 Å². The number of anilines is 1. The Morgan fingerprint density at radius 2 is 1.70 bits per heavy atom. The maximum atomic E-state index is 13.0. The van der Waals surface area contributed by atoms with Crippen LogP contribution in [0.3, 0.4) is 0 Å². The zero-order chi connectivity index (χ0) is 21.3. The Morgan fingerprint density at radius 1 is 1.07 bits per heavy atom. The van der Waals surface area contributed by atoms with E-state index in [1.165, 1.54) is 26.4 Å². The van der Waals surface area contributed by atoms with Crippen LogP contribution in [0, 0.1) is 23.2 Å². The van der Waals surface area contributed by atoms with Gasteiger partial charge >= 0.3 is 0 Å². The molecule has 7 nitrogen and oxygen atoms in total. The fraction of sp³-hybridized carbons (Fsp3) is 0.609. The SMILES string of the molecule is COc1ccc(NC(=O)CC(C)=NNC(=O)C23CC4CC(CC(C4)C2)C3)c(OC)c1. The van der Waals surface area contributed by atoms with Gasteiger partial charge in [0.2, 0.25) is 11.8 Å². The average molecular weight is 414 g/mol. The van der Waals surface area contributed by atoms with Gasteiger partial charge in [0.15, 0.2) is 0 Å². The van der Waals surface area contributed by atoms with Gasteiger partial charge < -0.3 is 14.8 Å². The highest BCUT2D eigenvalue weighted by molar-refractivity contribution is 6.06. The lowest BCUT2D eigenvalue weighted by molar-refractivity contribution is -0.146. The predicted molar refractivity (Wildman–Crippen MR) is 115 cm³/mol. The van der Waals surface area contributed by atoms with Gasteiger partial charge in [-0.1, -0.05) is 0 Å².